The minimum Gasteiger partial charge on any atom is -0.290 e. The van der Waals surface area contributed by atoms with E-state index in [1.54, 1.807) is 6.08 Å². The summed E-state index contributed by atoms with van der Waals surface area (Å²) in [6.45, 7) is 9.39. The Morgan fingerprint density at radius 3 is 2.61 bits per heavy atom. The van der Waals surface area contributed by atoms with Gasteiger partial charge in [0.05, 0.1) is 6.61 Å². The first-order valence-electron chi connectivity index (χ1n) is 13.0. The third-order valence-corrected chi connectivity index (χ3v) is 10.6. The number of carbonyl (C=O) groups excluding carboxylic acids is 1. The highest BCUT2D eigenvalue weighted by Gasteiger charge is 2.58. The molecule has 4 rings (SSSR count). The van der Waals surface area contributed by atoms with Crippen molar-refractivity contribution >= 4 is 16.2 Å². The van der Waals surface area contributed by atoms with Gasteiger partial charge in [-0.25, -0.2) is 4.18 Å². The normalized spacial score (nSPS) is 39.9. The van der Waals surface area contributed by atoms with E-state index in [0.717, 1.165) is 43.4 Å². The van der Waals surface area contributed by atoms with Crippen LogP contribution in [0.2, 0.25) is 0 Å². The second kappa shape index (κ2) is 9.23. The topological polar surface area (TPSA) is 80.7 Å². The molecule has 0 saturated heterocycles. The van der Waals surface area contributed by atoms with Crippen molar-refractivity contribution in [2.24, 2.45) is 46.3 Å². The molecule has 0 spiro atoms. The molecule has 1 N–H and O–H groups in total. The zero-order valence-corrected chi connectivity index (χ0v) is 21.6. The van der Waals surface area contributed by atoms with Crippen LogP contribution >= 0.6 is 0 Å². The van der Waals surface area contributed by atoms with Crippen LogP contribution in [-0.2, 0) is 19.4 Å². The average Bonchev–Trinajstić information content (AvgIpc) is 3.09. The van der Waals surface area contributed by atoms with Gasteiger partial charge in [-0.2, -0.15) is 8.42 Å². The molecule has 0 radical (unpaired) electrons. The van der Waals surface area contributed by atoms with Crippen LogP contribution in [0.5, 0.6) is 0 Å². The molecule has 4 aliphatic carbocycles. The Morgan fingerprint density at radius 2 is 1.88 bits per heavy atom. The van der Waals surface area contributed by atoms with Crippen LogP contribution in [-0.4, -0.2) is 25.4 Å². The van der Waals surface area contributed by atoms with Gasteiger partial charge in [-0.1, -0.05) is 52.2 Å². The number of ketones is 1. The smallest absolute Gasteiger partial charge is 0.290 e. The van der Waals surface area contributed by atoms with Crippen molar-refractivity contribution in [3.8, 4) is 0 Å². The van der Waals surface area contributed by atoms with E-state index >= 15 is 0 Å². The third-order valence-electron chi connectivity index (χ3n) is 10.2. The number of hydrogen-bond donors (Lipinski definition) is 1. The molecule has 0 aliphatic heterocycles. The van der Waals surface area contributed by atoms with E-state index in [-0.39, 0.29) is 23.7 Å². The Labute approximate surface area is 200 Å². The second-order valence-corrected chi connectivity index (χ2v) is 13.1. The quantitative estimate of drug-likeness (QED) is 0.422. The van der Waals surface area contributed by atoms with Crippen molar-refractivity contribution in [3.05, 3.63) is 23.8 Å². The lowest BCUT2D eigenvalue weighted by Crippen LogP contribution is -2.50. The summed E-state index contributed by atoms with van der Waals surface area (Å²) in [5, 5.41) is 0. The highest BCUT2D eigenvalue weighted by atomic mass is 32.3. The fraction of sp³-hybridized carbons (Fsp3) is 0.815. The minimum absolute atomic E-state index is 0.0503. The van der Waals surface area contributed by atoms with Gasteiger partial charge in [-0.15, -0.1) is 0 Å². The van der Waals surface area contributed by atoms with Crippen LogP contribution in [0.15, 0.2) is 23.8 Å². The van der Waals surface area contributed by atoms with E-state index < -0.39 is 10.4 Å². The summed E-state index contributed by atoms with van der Waals surface area (Å²) in [6.07, 6.45) is 16.6. The lowest BCUT2D eigenvalue weighted by molar-refractivity contribution is -0.111. The number of fused-ring (bicyclic) bond motifs is 5. The standard InChI is InChI=1S/C27H42O5S/c1-18(17-32-33(29,30)31)6-5-7-19(2)23-10-11-24-22-9-8-20-16-21(28)12-14-26(20,3)25(22)13-15-27(23,24)4/h12,14,16,18-19,22-25H,5-11,13,15,17H2,1-4H3,(H,29,30,31)/t18-,19+,22-,23+,24-,25-,26-,27+/m0/s1. The Morgan fingerprint density at radius 1 is 1.12 bits per heavy atom. The predicted octanol–water partition coefficient (Wildman–Crippen LogP) is 6.17. The number of hydrogen-bond acceptors (Lipinski definition) is 4. The molecule has 6 heteroatoms. The molecule has 0 amide bonds. The van der Waals surface area contributed by atoms with Gasteiger partial charge >= 0.3 is 10.4 Å². The maximum Gasteiger partial charge on any atom is 0.397 e. The molecule has 33 heavy (non-hydrogen) atoms. The molecule has 5 nitrogen and oxygen atoms in total. The Kier molecular flexibility index (Phi) is 7.03. The van der Waals surface area contributed by atoms with Crippen LogP contribution in [0.1, 0.15) is 85.5 Å². The van der Waals surface area contributed by atoms with Crippen molar-refractivity contribution in [2.45, 2.75) is 85.5 Å². The molecule has 0 bridgehead atoms. The fourth-order valence-electron chi connectivity index (χ4n) is 8.45. The van der Waals surface area contributed by atoms with Gasteiger partial charge in [0.2, 0.25) is 0 Å². The van der Waals surface area contributed by atoms with Crippen LogP contribution in [0, 0.1) is 46.3 Å². The molecule has 4 aliphatic rings. The molecule has 0 aromatic carbocycles. The molecule has 8 atom stereocenters. The Bertz CT molecular complexity index is 921. The first-order chi connectivity index (χ1) is 15.4. The number of carbonyl (C=O) groups is 1. The van der Waals surface area contributed by atoms with Gasteiger partial charge in [0.1, 0.15) is 0 Å². The number of rotatable bonds is 8. The maximum absolute atomic E-state index is 12.0. The Balaban J connectivity index is 1.36. The maximum atomic E-state index is 12.0. The number of allylic oxidation sites excluding steroid dienone is 4. The van der Waals surface area contributed by atoms with Gasteiger partial charge in [0.25, 0.3) is 0 Å². The SMILES string of the molecule is C[C@@H](CCC[C@@H](C)[C@H]1CC[C@H]2[C@@H]3CCC4=CC(=O)C=C[C@]4(C)[C@H]3CC[C@]12C)COS(=O)(=O)O. The molecular weight excluding hydrogens is 436 g/mol. The highest BCUT2D eigenvalue weighted by Crippen LogP contribution is 2.67. The lowest BCUT2D eigenvalue weighted by atomic mass is 9.47. The van der Waals surface area contributed by atoms with E-state index in [4.69, 9.17) is 4.55 Å². The van der Waals surface area contributed by atoms with Crippen molar-refractivity contribution in [3.63, 3.8) is 0 Å². The van der Waals surface area contributed by atoms with Gasteiger partial charge < -0.3 is 0 Å². The molecule has 3 saturated carbocycles. The minimum atomic E-state index is -4.34. The first-order valence-corrected chi connectivity index (χ1v) is 14.4. The van der Waals surface area contributed by atoms with E-state index in [2.05, 4.69) is 31.0 Å². The van der Waals surface area contributed by atoms with E-state index in [0.29, 0.717) is 17.3 Å². The molecule has 0 heterocycles. The monoisotopic (exact) mass is 478 g/mol. The molecule has 0 unspecified atom stereocenters. The van der Waals surface area contributed by atoms with Crippen LogP contribution in [0.3, 0.4) is 0 Å². The van der Waals surface area contributed by atoms with Crippen LogP contribution < -0.4 is 0 Å². The summed E-state index contributed by atoms with van der Waals surface area (Å²) in [7, 11) is -4.34. The average molecular weight is 479 g/mol. The van der Waals surface area contributed by atoms with Crippen molar-refractivity contribution in [1.82, 2.24) is 0 Å². The fourth-order valence-corrected chi connectivity index (χ4v) is 8.85. The summed E-state index contributed by atoms with van der Waals surface area (Å²) in [6, 6.07) is 0. The zero-order valence-electron chi connectivity index (χ0n) is 20.8. The third kappa shape index (κ3) is 4.90. The van der Waals surface area contributed by atoms with Gasteiger partial charge in [-0.3, -0.25) is 9.35 Å². The van der Waals surface area contributed by atoms with Crippen molar-refractivity contribution < 1.29 is 21.9 Å². The molecule has 0 aromatic heterocycles. The summed E-state index contributed by atoms with van der Waals surface area (Å²) in [5.41, 5.74) is 1.85. The molecule has 186 valence electrons. The molecule has 0 aromatic rings. The van der Waals surface area contributed by atoms with Gasteiger partial charge in [0, 0.05) is 5.41 Å². The van der Waals surface area contributed by atoms with Crippen molar-refractivity contribution in [1.29, 1.82) is 0 Å². The first kappa shape index (κ1) is 25.1. The second-order valence-electron chi connectivity index (χ2n) is 12.1. The summed E-state index contributed by atoms with van der Waals surface area (Å²) < 4.78 is 34.9. The van der Waals surface area contributed by atoms with E-state index in [1.807, 2.05) is 13.0 Å². The van der Waals surface area contributed by atoms with Crippen LogP contribution in [0.25, 0.3) is 0 Å². The molecule has 3 fully saturated rings. The lowest BCUT2D eigenvalue weighted by Gasteiger charge is -2.57. The largest absolute Gasteiger partial charge is 0.397 e. The van der Waals surface area contributed by atoms with Gasteiger partial charge in [0.15, 0.2) is 5.78 Å². The zero-order chi connectivity index (χ0) is 24.0. The summed E-state index contributed by atoms with van der Waals surface area (Å²) in [5.74, 6) is 3.90. The van der Waals surface area contributed by atoms with Crippen LogP contribution in [0.4, 0.5) is 0 Å². The van der Waals surface area contributed by atoms with E-state index in [9.17, 15) is 13.2 Å². The highest BCUT2D eigenvalue weighted by molar-refractivity contribution is 7.80. The summed E-state index contributed by atoms with van der Waals surface area (Å²) >= 11 is 0. The summed E-state index contributed by atoms with van der Waals surface area (Å²) in [4.78, 5) is 12.0. The molecular formula is C27H42O5S. The Hall–Kier alpha value is -0.980. The van der Waals surface area contributed by atoms with Crippen molar-refractivity contribution in [2.75, 3.05) is 6.61 Å². The van der Waals surface area contributed by atoms with E-state index in [1.165, 1.54) is 37.7 Å². The predicted molar refractivity (Wildman–Crippen MR) is 130 cm³/mol. The van der Waals surface area contributed by atoms with Gasteiger partial charge in [-0.05, 0) is 98.0 Å².